The molecule has 1 atom stereocenters. The summed E-state index contributed by atoms with van der Waals surface area (Å²) in [6.07, 6.45) is 2.35. The van der Waals surface area contributed by atoms with Crippen molar-refractivity contribution < 1.29 is 38.1 Å². The molecule has 3 aromatic carbocycles. The number of alkyl carbamates (subject to hydrolysis) is 1. The molecular weight excluding hydrogens is 673 g/mol. The maximum absolute atomic E-state index is 14.9. The summed E-state index contributed by atoms with van der Waals surface area (Å²) in [4.78, 5) is 50.8. The van der Waals surface area contributed by atoms with E-state index in [0.29, 0.717) is 47.6 Å². The Morgan fingerprint density at radius 3 is 2.23 bits per heavy atom. The maximum Gasteiger partial charge on any atom is 0.407 e. The van der Waals surface area contributed by atoms with Gasteiger partial charge in [0.05, 0.1) is 12.7 Å². The van der Waals surface area contributed by atoms with Gasteiger partial charge in [0.25, 0.3) is 0 Å². The first-order valence-corrected chi connectivity index (χ1v) is 16.9. The van der Waals surface area contributed by atoms with Crippen LogP contribution in [0.15, 0.2) is 60.7 Å². The smallest absolute Gasteiger partial charge is 0.407 e. The predicted octanol–water partition coefficient (Wildman–Crippen LogP) is 5.38. The van der Waals surface area contributed by atoms with E-state index in [1.165, 1.54) is 19.2 Å². The highest BCUT2D eigenvalue weighted by Gasteiger charge is 2.30. The van der Waals surface area contributed by atoms with E-state index in [9.17, 15) is 28.7 Å². The predicted molar refractivity (Wildman–Crippen MR) is 189 cm³/mol. The second-order valence-electron chi connectivity index (χ2n) is 13.7. The molecule has 0 saturated heterocycles. The zero-order valence-electron chi connectivity index (χ0n) is 29.4. The second kappa shape index (κ2) is 16.4. The Bertz CT molecular complexity index is 1870. The fourth-order valence-electron chi connectivity index (χ4n) is 6.09. The summed E-state index contributed by atoms with van der Waals surface area (Å²) < 4.78 is 25.4. The molecule has 5 rings (SSSR count). The standard InChI is InChI=1S/C37H42FN7O7/c1-37(2,3)52-36(50)39-20-22-7-11-25(12-8-22)33(46)41-29(34(47)40-26-15-13-24(14-16-26)32-42-44-45-43-32)19-21-5-9-23(10-6-21)27-17-18-28(35(48)49)30(38)31(27)51-4/h5-6,9-10,13-18,22,25,29H,7-8,11-12,19-20H2,1-4H3,(H,39,50)(H,40,47)(H,41,46)(H,48,49)(H,42,43,44,45)/t22?,25?,29-/m0/s1. The number of halogens is 1. The van der Waals surface area contributed by atoms with E-state index in [-0.39, 0.29) is 29.9 Å². The van der Waals surface area contributed by atoms with Crippen molar-refractivity contribution in [1.82, 2.24) is 31.3 Å². The van der Waals surface area contributed by atoms with Gasteiger partial charge in [0.2, 0.25) is 17.6 Å². The van der Waals surface area contributed by atoms with Crippen LogP contribution in [0.3, 0.4) is 0 Å². The van der Waals surface area contributed by atoms with E-state index in [4.69, 9.17) is 9.47 Å². The van der Waals surface area contributed by atoms with Gasteiger partial charge in [0, 0.05) is 35.7 Å². The Balaban J connectivity index is 1.28. The Morgan fingerprint density at radius 2 is 1.63 bits per heavy atom. The summed E-state index contributed by atoms with van der Waals surface area (Å²) in [5.41, 5.74) is 1.76. The Kier molecular flexibility index (Phi) is 11.8. The largest absolute Gasteiger partial charge is 0.493 e. The molecule has 0 radical (unpaired) electrons. The van der Waals surface area contributed by atoms with E-state index in [2.05, 4.69) is 36.6 Å². The summed E-state index contributed by atoms with van der Waals surface area (Å²) in [5.74, 6) is -2.94. The van der Waals surface area contributed by atoms with Crippen LogP contribution in [0.25, 0.3) is 22.5 Å². The molecule has 1 aliphatic rings. The van der Waals surface area contributed by atoms with Crippen molar-refractivity contribution in [1.29, 1.82) is 0 Å². The minimum atomic E-state index is -1.41. The van der Waals surface area contributed by atoms with Crippen LogP contribution in [0.5, 0.6) is 5.75 Å². The van der Waals surface area contributed by atoms with Gasteiger partial charge >= 0.3 is 12.1 Å². The summed E-state index contributed by atoms with van der Waals surface area (Å²) in [7, 11) is 1.26. The highest BCUT2D eigenvalue weighted by molar-refractivity contribution is 5.98. The average Bonchev–Trinajstić information content (AvgIpc) is 3.66. The third kappa shape index (κ3) is 9.68. The number of H-pyrrole nitrogens is 1. The molecule has 14 nitrogen and oxygen atoms in total. The molecule has 0 unspecified atom stereocenters. The number of ether oxygens (including phenoxy) is 2. The van der Waals surface area contributed by atoms with Gasteiger partial charge in [0.15, 0.2) is 11.6 Å². The van der Waals surface area contributed by atoms with Crippen LogP contribution in [0, 0.1) is 17.7 Å². The van der Waals surface area contributed by atoms with Crippen LogP contribution in [0.4, 0.5) is 14.9 Å². The number of nitrogens with one attached hydrogen (secondary N) is 4. The van der Waals surface area contributed by atoms with Crippen LogP contribution >= 0.6 is 0 Å². The van der Waals surface area contributed by atoms with E-state index in [1.807, 2.05) is 0 Å². The van der Waals surface area contributed by atoms with Gasteiger partial charge in [-0.25, -0.2) is 14.0 Å². The number of aromatic carboxylic acids is 1. The van der Waals surface area contributed by atoms with Crippen molar-refractivity contribution in [3.8, 4) is 28.3 Å². The number of benzene rings is 3. The van der Waals surface area contributed by atoms with Crippen molar-refractivity contribution in [3.63, 3.8) is 0 Å². The van der Waals surface area contributed by atoms with E-state index in [0.717, 1.165) is 18.4 Å². The molecule has 1 aromatic heterocycles. The van der Waals surface area contributed by atoms with Gasteiger partial charge in [-0.1, -0.05) is 24.3 Å². The number of aromatic amines is 1. The molecule has 52 heavy (non-hydrogen) atoms. The highest BCUT2D eigenvalue weighted by Crippen LogP contribution is 2.35. The normalized spacial score (nSPS) is 16.3. The second-order valence-corrected chi connectivity index (χ2v) is 13.7. The molecule has 274 valence electrons. The van der Waals surface area contributed by atoms with Gasteiger partial charge in [0.1, 0.15) is 11.6 Å². The summed E-state index contributed by atoms with van der Waals surface area (Å²) in [6, 6.07) is 15.5. The topological polar surface area (TPSA) is 198 Å². The lowest BCUT2D eigenvalue weighted by Gasteiger charge is -2.29. The zero-order valence-corrected chi connectivity index (χ0v) is 29.4. The first kappa shape index (κ1) is 37.4. The number of nitrogens with zero attached hydrogens (tertiary/aromatic N) is 3. The third-order valence-electron chi connectivity index (χ3n) is 8.78. The fourth-order valence-corrected chi connectivity index (χ4v) is 6.09. The van der Waals surface area contributed by atoms with Gasteiger partial charge in [-0.15, -0.1) is 10.2 Å². The van der Waals surface area contributed by atoms with E-state index >= 15 is 0 Å². The van der Waals surface area contributed by atoms with Crippen LogP contribution in [0.1, 0.15) is 62.4 Å². The maximum atomic E-state index is 14.9. The Labute approximate surface area is 299 Å². The van der Waals surface area contributed by atoms with Crippen molar-refractivity contribution in [2.24, 2.45) is 11.8 Å². The van der Waals surface area contributed by atoms with Gasteiger partial charge in [-0.3, -0.25) is 9.59 Å². The molecule has 0 spiro atoms. The number of hydrogen-bond acceptors (Lipinski definition) is 9. The number of carbonyl (C=O) groups excluding carboxylic acids is 3. The number of aromatic nitrogens is 4. The number of anilines is 1. The minimum absolute atomic E-state index is 0.150. The molecule has 1 heterocycles. The summed E-state index contributed by atoms with van der Waals surface area (Å²) >= 11 is 0. The number of hydrogen-bond donors (Lipinski definition) is 5. The SMILES string of the molecule is COc1c(-c2ccc(C[C@H](NC(=O)C3CCC(CNC(=O)OC(C)(C)C)CC3)C(=O)Nc3ccc(-c4nn[nH]n4)cc3)cc2)ccc(C(=O)O)c1F. The lowest BCUT2D eigenvalue weighted by atomic mass is 9.81. The number of rotatable bonds is 12. The van der Waals surface area contributed by atoms with Gasteiger partial charge in [-0.05, 0) is 105 Å². The van der Waals surface area contributed by atoms with E-state index in [1.54, 1.807) is 69.3 Å². The molecular formula is C37H42FN7O7. The van der Waals surface area contributed by atoms with Gasteiger partial charge in [-0.2, -0.15) is 5.21 Å². The molecule has 0 aliphatic heterocycles. The monoisotopic (exact) mass is 715 g/mol. The molecule has 1 fully saturated rings. The molecule has 1 saturated carbocycles. The van der Waals surface area contributed by atoms with Crippen LogP contribution in [-0.4, -0.2) is 74.9 Å². The summed E-state index contributed by atoms with van der Waals surface area (Å²) in [6.45, 7) is 5.86. The lowest BCUT2D eigenvalue weighted by molar-refractivity contribution is -0.130. The molecule has 15 heteroatoms. The minimum Gasteiger partial charge on any atom is -0.493 e. The first-order chi connectivity index (χ1) is 24.8. The Morgan fingerprint density at radius 1 is 0.962 bits per heavy atom. The number of carboxylic acids is 1. The quantitative estimate of drug-likeness (QED) is 0.127. The first-order valence-electron chi connectivity index (χ1n) is 16.9. The van der Waals surface area contributed by atoms with Crippen LogP contribution < -0.4 is 20.7 Å². The summed E-state index contributed by atoms with van der Waals surface area (Å²) in [5, 5.41) is 31.9. The molecule has 1 aliphatic carbocycles. The van der Waals surface area contributed by atoms with E-state index < -0.39 is 41.0 Å². The molecule has 4 aromatic rings. The van der Waals surface area contributed by atoms with Crippen molar-refractivity contribution in [3.05, 3.63) is 77.6 Å². The van der Waals surface area contributed by atoms with Crippen molar-refractivity contribution in [2.75, 3.05) is 19.0 Å². The van der Waals surface area contributed by atoms with Crippen molar-refractivity contribution >= 4 is 29.6 Å². The zero-order chi connectivity index (χ0) is 37.4. The van der Waals surface area contributed by atoms with Crippen LogP contribution in [-0.2, 0) is 20.7 Å². The number of tetrazole rings is 1. The number of carbonyl (C=O) groups is 4. The average molecular weight is 716 g/mol. The molecule has 0 bridgehead atoms. The highest BCUT2D eigenvalue weighted by atomic mass is 19.1. The number of methoxy groups -OCH3 is 1. The lowest BCUT2D eigenvalue weighted by Crippen LogP contribution is -2.48. The molecule has 5 N–H and O–H groups in total. The van der Waals surface area contributed by atoms with Crippen molar-refractivity contribution in [2.45, 2.75) is 64.5 Å². The number of amides is 3. The number of carboxylic acid groups (broad SMARTS) is 1. The molecule has 3 amide bonds. The Hall–Kier alpha value is -5.86. The van der Waals surface area contributed by atoms with Gasteiger partial charge < -0.3 is 30.5 Å². The van der Waals surface area contributed by atoms with Crippen LogP contribution in [0.2, 0.25) is 0 Å². The fraction of sp³-hybridized carbons (Fsp3) is 0.378. The third-order valence-corrected chi connectivity index (χ3v) is 8.78.